The van der Waals surface area contributed by atoms with Gasteiger partial charge in [-0.25, -0.2) is 4.98 Å². The summed E-state index contributed by atoms with van der Waals surface area (Å²) >= 11 is 0. The number of ether oxygens (including phenoxy) is 1. The minimum absolute atomic E-state index is 0.225. The molecule has 3 aliphatic heterocycles. The Kier molecular flexibility index (Phi) is 2.89. The van der Waals surface area contributed by atoms with Crippen LogP contribution in [0.2, 0.25) is 0 Å². The predicted molar refractivity (Wildman–Crippen MR) is 70.4 cm³/mol. The number of fused-ring (bicyclic) bond motifs is 3. The van der Waals surface area contributed by atoms with Gasteiger partial charge >= 0.3 is 0 Å². The molecular formula is C12H17N5O4. The van der Waals surface area contributed by atoms with E-state index >= 15 is 0 Å². The van der Waals surface area contributed by atoms with Crippen LogP contribution in [0.15, 0.2) is 6.33 Å². The lowest BCUT2D eigenvalue weighted by Gasteiger charge is -2.32. The third-order valence-electron chi connectivity index (χ3n) is 4.22. The summed E-state index contributed by atoms with van der Waals surface area (Å²) in [4.78, 5) is 18.3. The third kappa shape index (κ3) is 1.85. The van der Waals surface area contributed by atoms with Crippen LogP contribution in [0.25, 0.3) is 0 Å². The summed E-state index contributed by atoms with van der Waals surface area (Å²) in [7, 11) is 0. The molecule has 4 rings (SSSR count). The Labute approximate surface area is 120 Å². The second kappa shape index (κ2) is 4.67. The number of aromatic nitrogens is 2. The number of aliphatic hydroxyl groups is 2. The molecule has 2 fully saturated rings. The molecule has 0 saturated carbocycles. The summed E-state index contributed by atoms with van der Waals surface area (Å²) in [6.45, 7) is 1.29. The number of carbonyl (C=O) groups is 1. The number of nitrogens with zero attached hydrogens (tertiary/aromatic N) is 3. The fourth-order valence-corrected chi connectivity index (χ4v) is 3.17. The summed E-state index contributed by atoms with van der Waals surface area (Å²) in [5.41, 5.74) is 0.362. The minimum Gasteiger partial charge on any atom is -0.394 e. The Hall–Kier alpha value is -1.68. The van der Waals surface area contributed by atoms with Crippen molar-refractivity contribution in [3.63, 3.8) is 0 Å². The normalized spacial score (nSPS) is 34.8. The van der Waals surface area contributed by atoms with Crippen molar-refractivity contribution in [1.29, 1.82) is 0 Å². The van der Waals surface area contributed by atoms with Gasteiger partial charge in [0.15, 0.2) is 12.0 Å². The van der Waals surface area contributed by atoms with E-state index in [4.69, 9.17) is 4.74 Å². The third-order valence-corrected chi connectivity index (χ3v) is 4.22. The van der Waals surface area contributed by atoms with E-state index in [0.717, 1.165) is 13.1 Å². The van der Waals surface area contributed by atoms with Crippen LogP contribution in [0, 0.1) is 0 Å². The molecule has 9 heteroatoms. The molecule has 3 aliphatic rings. The van der Waals surface area contributed by atoms with Crippen molar-refractivity contribution in [2.45, 2.75) is 31.1 Å². The zero-order valence-electron chi connectivity index (χ0n) is 11.3. The zero-order valence-corrected chi connectivity index (χ0v) is 11.3. The van der Waals surface area contributed by atoms with Crippen molar-refractivity contribution < 1.29 is 19.7 Å². The van der Waals surface area contributed by atoms with Gasteiger partial charge < -0.3 is 25.2 Å². The molecule has 0 radical (unpaired) electrons. The van der Waals surface area contributed by atoms with Crippen molar-refractivity contribution >= 4 is 11.7 Å². The molecule has 21 heavy (non-hydrogen) atoms. The largest absolute Gasteiger partial charge is 0.394 e. The lowest BCUT2D eigenvalue weighted by Crippen LogP contribution is -2.54. The Morgan fingerprint density at radius 1 is 1.52 bits per heavy atom. The summed E-state index contributed by atoms with van der Waals surface area (Å²) in [6, 6.07) is 0. The zero-order chi connectivity index (χ0) is 14.6. The topological polar surface area (TPSA) is 112 Å². The number of carbonyl (C=O) groups excluding carboxylic acids is 1. The number of imidazole rings is 1. The van der Waals surface area contributed by atoms with Gasteiger partial charge in [-0.2, -0.15) is 0 Å². The van der Waals surface area contributed by atoms with E-state index in [0.29, 0.717) is 17.9 Å². The molecule has 0 spiro atoms. The average molecular weight is 295 g/mol. The second-order valence-electron chi connectivity index (χ2n) is 5.46. The lowest BCUT2D eigenvalue weighted by molar-refractivity contribution is -0.0440. The van der Waals surface area contributed by atoms with Crippen LogP contribution in [0.5, 0.6) is 0 Å². The standard InChI is InChI=1S/C12H17N5O4/c18-4-7-6(19)3-8(21-7)17-5-14-9-10(20)15-12-13-1-2-16(12)11(9)17/h5-8,12-13,18-19H,1-4H2,(H,15,20)/t6-,7+,8+,12?/m0/s1. The van der Waals surface area contributed by atoms with Crippen LogP contribution in [0.3, 0.4) is 0 Å². The smallest absolute Gasteiger partial charge is 0.276 e. The van der Waals surface area contributed by atoms with E-state index < -0.39 is 18.4 Å². The molecule has 0 aromatic carbocycles. The van der Waals surface area contributed by atoms with Gasteiger partial charge in [-0.05, 0) is 0 Å². The quantitative estimate of drug-likeness (QED) is 0.497. The summed E-state index contributed by atoms with van der Waals surface area (Å²) in [5, 5.41) is 25.1. The molecule has 1 aromatic heterocycles. The van der Waals surface area contributed by atoms with E-state index in [9.17, 15) is 15.0 Å². The number of aliphatic hydroxyl groups excluding tert-OH is 2. The first kappa shape index (κ1) is 13.0. The Balaban J connectivity index is 1.71. The molecule has 9 nitrogen and oxygen atoms in total. The number of hydrogen-bond donors (Lipinski definition) is 4. The monoisotopic (exact) mass is 295 g/mol. The van der Waals surface area contributed by atoms with E-state index in [1.165, 1.54) is 0 Å². The molecule has 4 N–H and O–H groups in total. The van der Waals surface area contributed by atoms with Gasteiger partial charge in [0.1, 0.15) is 18.1 Å². The molecule has 0 aliphatic carbocycles. The highest BCUT2D eigenvalue weighted by Crippen LogP contribution is 2.35. The van der Waals surface area contributed by atoms with Crippen molar-refractivity contribution in [1.82, 2.24) is 20.2 Å². The summed E-state index contributed by atoms with van der Waals surface area (Å²) in [6.07, 6.45) is -0.0640. The van der Waals surface area contributed by atoms with Gasteiger partial charge in [0.05, 0.1) is 19.0 Å². The van der Waals surface area contributed by atoms with Gasteiger partial charge in [0, 0.05) is 19.5 Å². The van der Waals surface area contributed by atoms with E-state index in [-0.39, 0.29) is 18.8 Å². The van der Waals surface area contributed by atoms with Crippen LogP contribution in [0.1, 0.15) is 23.1 Å². The Morgan fingerprint density at radius 3 is 3.14 bits per heavy atom. The molecule has 114 valence electrons. The van der Waals surface area contributed by atoms with Gasteiger partial charge in [0.25, 0.3) is 5.91 Å². The van der Waals surface area contributed by atoms with E-state index in [1.807, 2.05) is 4.90 Å². The van der Waals surface area contributed by atoms with Crippen LogP contribution < -0.4 is 15.5 Å². The molecule has 1 unspecified atom stereocenters. The fourth-order valence-electron chi connectivity index (χ4n) is 3.17. The number of rotatable bonds is 2. The number of nitrogens with one attached hydrogen (secondary N) is 2. The van der Waals surface area contributed by atoms with Crippen LogP contribution in [-0.2, 0) is 4.74 Å². The predicted octanol–water partition coefficient (Wildman–Crippen LogP) is -2.04. The maximum atomic E-state index is 12.1. The molecule has 4 atom stereocenters. The molecular weight excluding hydrogens is 278 g/mol. The van der Waals surface area contributed by atoms with Gasteiger partial charge in [-0.1, -0.05) is 0 Å². The van der Waals surface area contributed by atoms with E-state index in [1.54, 1.807) is 10.9 Å². The SMILES string of the molecule is O=C1NC2NCCN2c2c1ncn2[C@H]1C[C@H](O)[C@@H](CO)O1. The van der Waals surface area contributed by atoms with Crippen molar-refractivity contribution in [3.05, 3.63) is 12.0 Å². The van der Waals surface area contributed by atoms with Crippen molar-refractivity contribution in [3.8, 4) is 0 Å². The molecule has 0 bridgehead atoms. The van der Waals surface area contributed by atoms with Crippen molar-refractivity contribution in [2.24, 2.45) is 0 Å². The van der Waals surface area contributed by atoms with Crippen LogP contribution in [0.4, 0.5) is 5.82 Å². The minimum atomic E-state index is -0.719. The first-order valence-electron chi connectivity index (χ1n) is 7.01. The number of hydrogen-bond acceptors (Lipinski definition) is 7. The van der Waals surface area contributed by atoms with Gasteiger partial charge in [-0.3, -0.25) is 14.7 Å². The molecule has 1 aromatic rings. The molecule has 4 heterocycles. The Bertz CT molecular complexity index is 576. The number of anilines is 1. The van der Waals surface area contributed by atoms with Gasteiger partial charge in [0.2, 0.25) is 0 Å². The number of amides is 1. The molecule has 2 saturated heterocycles. The molecule has 1 amide bonds. The van der Waals surface area contributed by atoms with Crippen molar-refractivity contribution in [2.75, 3.05) is 24.6 Å². The average Bonchev–Trinajstić information content (AvgIpc) is 3.14. The maximum absolute atomic E-state index is 12.1. The summed E-state index contributed by atoms with van der Waals surface area (Å²) in [5.74, 6) is 0.473. The van der Waals surface area contributed by atoms with Crippen LogP contribution >= 0.6 is 0 Å². The van der Waals surface area contributed by atoms with Crippen LogP contribution in [-0.4, -0.2) is 63.9 Å². The summed E-state index contributed by atoms with van der Waals surface area (Å²) < 4.78 is 7.43. The second-order valence-corrected chi connectivity index (χ2v) is 5.46. The highest BCUT2D eigenvalue weighted by atomic mass is 16.5. The lowest BCUT2D eigenvalue weighted by atomic mass is 10.2. The first-order chi connectivity index (χ1) is 10.2. The van der Waals surface area contributed by atoms with E-state index in [2.05, 4.69) is 15.6 Å². The van der Waals surface area contributed by atoms with Gasteiger partial charge in [-0.15, -0.1) is 0 Å². The maximum Gasteiger partial charge on any atom is 0.276 e. The highest BCUT2D eigenvalue weighted by molar-refractivity contribution is 5.99. The Morgan fingerprint density at radius 2 is 2.38 bits per heavy atom. The fraction of sp³-hybridized carbons (Fsp3) is 0.667. The first-order valence-corrected chi connectivity index (χ1v) is 7.01. The highest BCUT2D eigenvalue weighted by Gasteiger charge is 2.41.